The van der Waals surface area contributed by atoms with Gasteiger partial charge in [0.15, 0.2) is 0 Å². The topological polar surface area (TPSA) is 52.6 Å². The highest BCUT2D eigenvalue weighted by Gasteiger charge is 2.23. The van der Waals surface area contributed by atoms with E-state index in [2.05, 4.69) is 5.32 Å². The first kappa shape index (κ1) is 14.0. The lowest BCUT2D eigenvalue weighted by atomic mass is 10.1. The van der Waals surface area contributed by atoms with Crippen molar-refractivity contribution in [2.75, 3.05) is 19.6 Å². The number of rotatable bonds is 5. The van der Waals surface area contributed by atoms with Crippen LogP contribution in [0.5, 0.6) is 0 Å². The average molecular weight is 262 g/mol. The number of aliphatic hydroxyl groups is 1. The first-order valence-corrected chi connectivity index (χ1v) is 6.93. The van der Waals surface area contributed by atoms with Crippen molar-refractivity contribution in [1.82, 2.24) is 10.2 Å². The fourth-order valence-electron chi connectivity index (χ4n) is 2.38. The van der Waals surface area contributed by atoms with Crippen molar-refractivity contribution < 1.29 is 9.90 Å². The molecule has 1 aromatic rings. The van der Waals surface area contributed by atoms with E-state index in [-0.39, 0.29) is 11.9 Å². The van der Waals surface area contributed by atoms with E-state index in [1.807, 2.05) is 42.2 Å². The molecule has 19 heavy (non-hydrogen) atoms. The lowest BCUT2D eigenvalue weighted by molar-refractivity contribution is -0.132. The minimum Gasteiger partial charge on any atom is -0.387 e. The number of nitrogens with zero attached hydrogens (tertiary/aromatic N) is 1. The van der Waals surface area contributed by atoms with Crippen LogP contribution in [-0.4, -0.2) is 41.6 Å². The van der Waals surface area contributed by atoms with Crippen LogP contribution in [-0.2, 0) is 4.79 Å². The van der Waals surface area contributed by atoms with Crippen LogP contribution in [0.1, 0.15) is 31.4 Å². The lowest BCUT2D eigenvalue weighted by Gasteiger charge is -2.22. The van der Waals surface area contributed by atoms with Gasteiger partial charge in [-0.15, -0.1) is 0 Å². The zero-order valence-electron chi connectivity index (χ0n) is 11.4. The number of hydrogen-bond acceptors (Lipinski definition) is 3. The van der Waals surface area contributed by atoms with Crippen LogP contribution in [0.4, 0.5) is 0 Å². The summed E-state index contributed by atoms with van der Waals surface area (Å²) in [5, 5.41) is 13.1. The Hall–Kier alpha value is -1.39. The van der Waals surface area contributed by atoms with Crippen molar-refractivity contribution in [3.8, 4) is 0 Å². The van der Waals surface area contributed by atoms with E-state index in [1.165, 1.54) is 0 Å². The molecule has 0 saturated carbocycles. The first-order chi connectivity index (χ1) is 9.18. The van der Waals surface area contributed by atoms with E-state index in [4.69, 9.17) is 0 Å². The number of benzene rings is 1. The van der Waals surface area contributed by atoms with Crippen molar-refractivity contribution in [1.29, 1.82) is 0 Å². The van der Waals surface area contributed by atoms with E-state index in [0.29, 0.717) is 6.54 Å². The largest absolute Gasteiger partial charge is 0.387 e. The molecular weight excluding hydrogens is 240 g/mol. The molecule has 1 saturated heterocycles. The highest BCUT2D eigenvalue weighted by molar-refractivity contribution is 5.81. The molecule has 1 aliphatic rings. The van der Waals surface area contributed by atoms with Gasteiger partial charge in [-0.1, -0.05) is 30.3 Å². The molecule has 1 aliphatic heterocycles. The molecule has 2 rings (SSSR count). The highest BCUT2D eigenvalue weighted by atomic mass is 16.3. The summed E-state index contributed by atoms with van der Waals surface area (Å²) < 4.78 is 0. The lowest BCUT2D eigenvalue weighted by Crippen LogP contribution is -2.44. The molecule has 0 aromatic heterocycles. The van der Waals surface area contributed by atoms with Crippen LogP contribution in [0.15, 0.2) is 30.3 Å². The van der Waals surface area contributed by atoms with Gasteiger partial charge in [0.05, 0.1) is 12.1 Å². The van der Waals surface area contributed by atoms with Gasteiger partial charge in [-0.05, 0) is 25.3 Å². The van der Waals surface area contributed by atoms with E-state index in [1.54, 1.807) is 0 Å². The predicted molar refractivity (Wildman–Crippen MR) is 74.7 cm³/mol. The minimum absolute atomic E-state index is 0.137. The van der Waals surface area contributed by atoms with Gasteiger partial charge in [-0.3, -0.25) is 4.79 Å². The van der Waals surface area contributed by atoms with Crippen molar-refractivity contribution >= 4 is 5.91 Å². The number of amides is 1. The molecule has 0 bridgehead atoms. The number of carbonyl (C=O) groups excluding carboxylic acids is 1. The Labute approximate surface area is 114 Å². The van der Waals surface area contributed by atoms with Gasteiger partial charge in [-0.25, -0.2) is 0 Å². The molecule has 0 radical (unpaired) electrons. The molecule has 1 heterocycles. The molecule has 1 aromatic carbocycles. The average Bonchev–Trinajstić information content (AvgIpc) is 2.98. The summed E-state index contributed by atoms with van der Waals surface area (Å²) in [6.07, 6.45) is 1.63. The van der Waals surface area contributed by atoms with E-state index < -0.39 is 6.10 Å². The van der Waals surface area contributed by atoms with Crippen molar-refractivity contribution in [3.63, 3.8) is 0 Å². The molecule has 1 fully saturated rings. The number of likely N-dealkylation sites (tertiary alicyclic amines) is 1. The number of carbonyl (C=O) groups is 1. The van der Waals surface area contributed by atoms with Crippen LogP contribution in [0.2, 0.25) is 0 Å². The molecule has 104 valence electrons. The Bertz CT molecular complexity index is 402. The third-order valence-corrected chi connectivity index (χ3v) is 3.59. The van der Waals surface area contributed by atoms with Crippen LogP contribution >= 0.6 is 0 Å². The third-order valence-electron chi connectivity index (χ3n) is 3.59. The van der Waals surface area contributed by atoms with E-state index in [0.717, 1.165) is 31.5 Å². The smallest absolute Gasteiger partial charge is 0.239 e. The normalized spacial score (nSPS) is 18.3. The Morgan fingerprint density at radius 1 is 1.32 bits per heavy atom. The number of nitrogens with one attached hydrogen (secondary N) is 1. The molecule has 1 amide bonds. The molecular formula is C15H22N2O2. The second-order valence-corrected chi connectivity index (χ2v) is 5.09. The van der Waals surface area contributed by atoms with Crippen LogP contribution in [0.25, 0.3) is 0 Å². The molecule has 0 spiro atoms. The molecule has 2 N–H and O–H groups in total. The quantitative estimate of drug-likeness (QED) is 0.841. The first-order valence-electron chi connectivity index (χ1n) is 6.93. The fraction of sp³-hybridized carbons (Fsp3) is 0.533. The monoisotopic (exact) mass is 262 g/mol. The second kappa shape index (κ2) is 6.68. The number of aliphatic hydroxyl groups excluding tert-OH is 1. The van der Waals surface area contributed by atoms with Crippen LogP contribution < -0.4 is 5.32 Å². The minimum atomic E-state index is -0.574. The summed E-state index contributed by atoms with van der Waals surface area (Å²) >= 11 is 0. The maximum atomic E-state index is 12.1. The van der Waals surface area contributed by atoms with Crippen molar-refractivity contribution in [2.24, 2.45) is 0 Å². The summed E-state index contributed by atoms with van der Waals surface area (Å²) in [5.41, 5.74) is 0.871. The van der Waals surface area contributed by atoms with Gasteiger partial charge in [0.1, 0.15) is 0 Å². The molecule has 4 nitrogen and oxygen atoms in total. The predicted octanol–water partition coefficient (Wildman–Crippen LogP) is 1.32. The molecule has 0 aliphatic carbocycles. The Kier molecular flexibility index (Phi) is 4.93. The van der Waals surface area contributed by atoms with Gasteiger partial charge < -0.3 is 15.3 Å². The van der Waals surface area contributed by atoms with Crippen molar-refractivity contribution in [2.45, 2.75) is 31.9 Å². The molecule has 2 atom stereocenters. The maximum Gasteiger partial charge on any atom is 0.239 e. The van der Waals surface area contributed by atoms with Crippen LogP contribution in [0.3, 0.4) is 0 Å². The summed E-state index contributed by atoms with van der Waals surface area (Å²) in [6, 6.07) is 9.26. The standard InChI is InChI=1S/C15H22N2O2/c1-12(15(19)17-9-5-6-10-17)16-11-14(18)13-7-3-2-4-8-13/h2-4,7-8,12,14,16,18H,5-6,9-11H2,1H3. The van der Waals surface area contributed by atoms with Gasteiger partial charge >= 0.3 is 0 Å². The van der Waals surface area contributed by atoms with Gasteiger partial charge in [0, 0.05) is 19.6 Å². The zero-order valence-corrected chi connectivity index (χ0v) is 11.4. The Morgan fingerprint density at radius 2 is 1.95 bits per heavy atom. The maximum absolute atomic E-state index is 12.1. The molecule has 2 unspecified atom stereocenters. The zero-order chi connectivity index (χ0) is 13.7. The molecule has 4 heteroatoms. The van der Waals surface area contributed by atoms with Gasteiger partial charge in [0.25, 0.3) is 0 Å². The van der Waals surface area contributed by atoms with E-state index in [9.17, 15) is 9.90 Å². The summed E-state index contributed by atoms with van der Waals surface area (Å²) in [7, 11) is 0. The Balaban J connectivity index is 1.79. The van der Waals surface area contributed by atoms with E-state index >= 15 is 0 Å². The number of hydrogen-bond donors (Lipinski definition) is 2. The van der Waals surface area contributed by atoms with Gasteiger partial charge in [-0.2, -0.15) is 0 Å². The SMILES string of the molecule is CC(NCC(O)c1ccccc1)C(=O)N1CCCC1. The van der Waals surface area contributed by atoms with Crippen molar-refractivity contribution in [3.05, 3.63) is 35.9 Å². The fourth-order valence-corrected chi connectivity index (χ4v) is 2.38. The van der Waals surface area contributed by atoms with Gasteiger partial charge in [0.2, 0.25) is 5.91 Å². The summed E-state index contributed by atoms with van der Waals surface area (Å²) in [5.74, 6) is 0.137. The Morgan fingerprint density at radius 3 is 2.58 bits per heavy atom. The third kappa shape index (κ3) is 3.78. The highest BCUT2D eigenvalue weighted by Crippen LogP contribution is 2.12. The summed E-state index contributed by atoms with van der Waals surface area (Å²) in [4.78, 5) is 14.0. The van der Waals surface area contributed by atoms with Crippen LogP contribution in [0, 0.1) is 0 Å². The second-order valence-electron chi connectivity index (χ2n) is 5.09. The summed E-state index contributed by atoms with van der Waals surface area (Å²) in [6.45, 7) is 3.99.